The van der Waals surface area contributed by atoms with Gasteiger partial charge in [-0.1, -0.05) is 247 Å². The highest BCUT2D eigenvalue weighted by molar-refractivity contribution is 8.00. The van der Waals surface area contributed by atoms with Gasteiger partial charge in [0, 0.05) is 93.6 Å². The van der Waals surface area contributed by atoms with Crippen LogP contribution in [0.2, 0.25) is 0 Å². The molecule has 8 heteroatoms. The first-order valence-electron chi connectivity index (χ1n) is 38.5. The molecule has 0 spiro atoms. The van der Waals surface area contributed by atoms with Crippen molar-refractivity contribution in [3.63, 3.8) is 0 Å². The molecular formula is C84H53B2N5S. The van der Waals surface area contributed by atoms with Gasteiger partial charge in [-0.3, -0.25) is 0 Å². The molecule has 0 unspecified atom stereocenters. The molecule has 2 aromatic heterocycles. The average Bonchev–Trinajstić information content (AvgIpc) is 1.63. The lowest BCUT2D eigenvalue weighted by atomic mass is 9.30. The summed E-state index contributed by atoms with van der Waals surface area (Å²) in [6, 6.07) is 68.0. The fourth-order valence-corrected chi connectivity index (χ4v) is 16.4. The predicted octanol–water partition coefficient (Wildman–Crippen LogP) is 18.1. The molecule has 0 aliphatic carbocycles. The number of para-hydroxylation sites is 8. The molecule has 0 radical (unpaired) electrons. The Hall–Kier alpha value is -11.4. The van der Waals surface area contributed by atoms with Gasteiger partial charge in [-0.05, 0) is 129 Å². The normalized spacial score (nSPS) is 15.7. The third-order valence-electron chi connectivity index (χ3n) is 18.8. The van der Waals surface area contributed by atoms with Gasteiger partial charge in [0.1, 0.15) is 0 Å². The van der Waals surface area contributed by atoms with Crippen molar-refractivity contribution < 1.29 is 21.9 Å². The van der Waals surface area contributed by atoms with Crippen LogP contribution in [0, 0.1) is 0 Å². The highest BCUT2D eigenvalue weighted by Crippen LogP contribution is 2.53. The largest absolute Gasteiger partial charge is 0.311 e. The SMILES string of the molecule is [2H]c1c([2H])c([2H])c2c(c1[2H])c1c([2H])c([2H])c([2H])c([2H])c1n2-c1cc2c3c(c1)N(c1ccccc1)c1cc4c(cc1B3c1ccccc1S2)B1c2ccccc2N(c2ccccc2)c2cc(-n3c5c([2H])c([2H])c([2H])c([2H])c5c5c([2H])c([2H])c([2H])c([2H])c53)cc(c21)N4c1c(-c2ccccc2)cccc1-c1ccccc1. The number of anilines is 9. The fraction of sp³-hybridized carbons (Fsp3) is 0. The second-order valence-corrected chi connectivity index (χ2v) is 24.6. The molecule has 4 aliphatic heterocycles. The highest BCUT2D eigenvalue weighted by atomic mass is 32.2. The van der Waals surface area contributed by atoms with Crippen LogP contribution in [0.3, 0.4) is 0 Å². The van der Waals surface area contributed by atoms with E-state index in [1.165, 1.54) is 0 Å². The summed E-state index contributed by atoms with van der Waals surface area (Å²) in [5.74, 6) is 0. The lowest BCUT2D eigenvalue weighted by molar-refractivity contribution is 1.15. The highest BCUT2D eigenvalue weighted by Gasteiger charge is 2.48. The summed E-state index contributed by atoms with van der Waals surface area (Å²) in [7, 11) is 0. The molecule has 0 amide bonds. The zero-order chi connectivity index (χ0) is 74.0. The standard InChI is InChI=1S/C84H53B2N5S/c1-5-26-54(27-6-1)60-38-25-39-61(55-28-7-2-8-29-55)84(60)91-76-53-75-68(86-67-41-18-24-47-80(67)92-81-51-59(50-79(83(81)86)88(75)57-32-11-4-12-33-57)90-72-44-21-15-36-64(72)65-37-16-22-45-73(65)90)52-69(76)85-66-40-17-23-46-74(66)87(56-30-9-3-10-31-56)77-48-58(49-78(91)82(77)85)89-70-42-19-13-34-62(70)63-35-14-20-43-71(63)89/h1-53H/i13D,14D,15D,16D,19D,20D,21D,22D,34D,35D,36D,37D,42D,43D,44D,45D. The van der Waals surface area contributed by atoms with E-state index in [1.54, 1.807) is 20.9 Å². The lowest BCUT2D eigenvalue weighted by Crippen LogP contribution is -2.64. The van der Waals surface area contributed by atoms with Crippen LogP contribution in [0.15, 0.2) is 331 Å². The van der Waals surface area contributed by atoms with Crippen LogP contribution in [-0.4, -0.2) is 22.6 Å². The summed E-state index contributed by atoms with van der Waals surface area (Å²) in [5.41, 5.74) is 16.4. The van der Waals surface area contributed by atoms with Gasteiger partial charge in [-0.15, -0.1) is 0 Å². The van der Waals surface area contributed by atoms with Crippen LogP contribution in [-0.2, 0) is 0 Å². The Morgan fingerprint density at radius 3 is 1.24 bits per heavy atom. The molecule has 92 heavy (non-hydrogen) atoms. The molecule has 0 N–H and O–H groups in total. The Kier molecular flexibility index (Phi) is 8.31. The van der Waals surface area contributed by atoms with Crippen molar-refractivity contribution in [3.8, 4) is 33.6 Å². The number of aromatic nitrogens is 2. The van der Waals surface area contributed by atoms with Crippen LogP contribution in [0.5, 0.6) is 0 Å². The smallest absolute Gasteiger partial charge is 0.252 e. The molecule has 20 rings (SSSR count). The van der Waals surface area contributed by atoms with Crippen molar-refractivity contribution in [1.29, 1.82) is 0 Å². The van der Waals surface area contributed by atoms with Crippen molar-refractivity contribution >= 4 is 153 Å². The zero-order valence-electron chi connectivity index (χ0n) is 64.7. The Bertz CT molecular complexity index is 6510. The van der Waals surface area contributed by atoms with E-state index in [1.807, 2.05) is 133 Å². The first-order chi connectivity index (χ1) is 52.3. The summed E-state index contributed by atoms with van der Waals surface area (Å²) in [5, 5.41) is -0.200. The maximum absolute atomic E-state index is 9.92. The van der Waals surface area contributed by atoms with Crippen LogP contribution in [0.25, 0.3) is 77.2 Å². The monoisotopic (exact) mass is 1200 g/mol. The van der Waals surface area contributed by atoms with E-state index >= 15 is 0 Å². The molecule has 0 saturated carbocycles. The van der Waals surface area contributed by atoms with E-state index in [2.05, 4.69) is 106 Å². The van der Waals surface area contributed by atoms with Gasteiger partial charge in [-0.2, -0.15) is 0 Å². The quantitative estimate of drug-likeness (QED) is 0.148. The third-order valence-corrected chi connectivity index (χ3v) is 19.9. The van der Waals surface area contributed by atoms with Crippen molar-refractivity contribution in [1.82, 2.24) is 9.13 Å². The van der Waals surface area contributed by atoms with Gasteiger partial charge in [0.2, 0.25) is 6.71 Å². The van der Waals surface area contributed by atoms with Gasteiger partial charge in [0.15, 0.2) is 0 Å². The fourth-order valence-electron chi connectivity index (χ4n) is 15.2. The zero-order valence-corrected chi connectivity index (χ0v) is 49.5. The number of benzene rings is 14. The molecule has 0 atom stereocenters. The summed E-state index contributed by atoms with van der Waals surface area (Å²) < 4.78 is 154. The van der Waals surface area contributed by atoms with Crippen molar-refractivity contribution in [2.75, 3.05) is 14.7 Å². The Morgan fingerprint density at radius 2 is 0.696 bits per heavy atom. The van der Waals surface area contributed by atoms with E-state index in [9.17, 15) is 13.7 Å². The maximum atomic E-state index is 9.92. The summed E-state index contributed by atoms with van der Waals surface area (Å²) >= 11 is 1.56. The number of hydrogen-bond acceptors (Lipinski definition) is 4. The van der Waals surface area contributed by atoms with Crippen molar-refractivity contribution in [2.24, 2.45) is 0 Å². The minimum atomic E-state index is -0.579. The second kappa shape index (κ2) is 20.0. The Labute approximate surface area is 560 Å². The van der Waals surface area contributed by atoms with Crippen molar-refractivity contribution in [3.05, 3.63) is 321 Å². The molecule has 6 heterocycles. The van der Waals surface area contributed by atoms with Crippen LogP contribution in [0.4, 0.5) is 51.2 Å². The van der Waals surface area contributed by atoms with E-state index in [-0.39, 0.29) is 43.6 Å². The number of nitrogens with zero attached hydrogens (tertiary/aromatic N) is 5. The minimum Gasteiger partial charge on any atom is -0.311 e. The van der Waals surface area contributed by atoms with Gasteiger partial charge in [-0.25, -0.2) is 0 Å². The van der Waals surface area contributed by atoms with Crippen molar-refractivity contribution in [2.45, 2.75) is 9.79 Å². The summed E-state index contributed by atoms with van der Waals surface area (Å²) in [4.78, 5) is 8.52. The molecular weight excluding hydrogens is 1130 g/mol. The summed E-state index contributed by atoms with van der Waals surface area (Å²) in [6.07, 6.45) is 0. The van der Waals surface area contributed by atoms with Gasteiger partial charge in [0.25, 0.3) is 6.71 Å². The van der Waals surface area contributed by atoms with Gasteiger partial charge >= 0.3 is 0 Å². The predicted molar refractivity (Wildman–Crippen MR) is 390 cm³/mol. The van der Waals surface area contributed by atoms with E-state index in [0.717, 1.165) is 98.9 Å². The molecule has 0 fully saturated rings. The summed E-state index contributed by atoms with van der Waals surface area (Å²) in [6.45, 7) is -1.07. The van der Waals surface area contributed by atoms with Gasteiger partial charge < -0.3 is 23.8 Å². The molecule has 14 aromatic carbocycles. The first kappa shape index (κ1) is 38.2. The van der Waals surface area contributed by atoms with Crippen LogP contribution in [0.1, 0.15) is 21.9 Å². The van der Waals surface area contributed by atoms with Crippen LogP contribution >= 0.6 is 11.8 Å². The topological polar surface area (TPSA) is 19.6 Å². The van der Waals surface area contributed by atoms with E-state index in [4.69, 9.17) is 8.22 Å². The molecule has 0 saturated heterocycles. The molecule has 5 nitrogen and oxygen atoms in total. The minimum absolute atomic E-state index is 0.0102. The number of hydrogen-bond donors (Lipinski definition) is 0. The third kappa shape index (κ3) is 7.41. The first-order valence-corrected chi connectivity index (χ1v) is 31.3. The lowest BCUT2D eigenvalue weighted by Gasteiger charge is -2.47. The van der Waals surface area contributed by atoms with Crippen LogP contribution < -0.4 is 47.5 Å². The van der Waals surface area contributed by atoms with Gasteiger partial charge in [0.05, 0.1) is 55.4 Å². The molecule has 0 bridgehead atoms. The maximum Gasteiger partial charge on any atom is 0.252 e. The van der Waals surface area contributed by atoms with E-state index in [0.29, 0.717) is 28.4 Å². The average molecular weight is 1200 g/mol. The number of rotatable bonds is 7. The Morgan fingerprint density at radius 1 is 0.283 bits per heavy atom. The number of fused-ring (bicyclic) bond motifs is 14. The molecule has 4 aliphatic rings. The second-order valence-electron chi connectivity index (χ2n) is 23.5. The molecule has 16 aromatic rings. The molecule has 426 valence electrons. The Balaban J connectivity index is 0.974. The van der Waals surface area contributed by atoms with E-state index < -0.39 is 110 Å².